The van der Waals surface area contributed by atoms with E-state index in [4.69, 9.17) is 29.0 Å². The lowest BCUT2D eigenvalue weighted by atomic mass is 9.99. The average Bonchev–Trinajstić information content (AvgIpc) is 2.45. The molecule has 0 heterocycles. The lowest BCUT2D eigenvalue weighted by Gasteiger charge is -2.18. The minimum Gasteiger partial charge on any atom is -0.271 e. The third kappa shape index (κ3) is 4.14. The van der Waals surface area contributed by atoms with E-state index in [1.807, 2.05) is 0 Å². The molecule has 0 fully saturated rings. The van der Waals surface area contributed by atoms with Gasteiger partial charge in [0.15, 0.2) is 0 Å². The van der Waals surface area contributed by atoms with Gasteiger partial charge in [0.2, 0.25) is 0 Å². The second-order valence-electron chi connectivity index (χ2n) is 4.71. The van der Waals surface area contributed by atoms with Gasteiger partial charge in [-0.2, -0.15) is 0 Å². The van der Waals surface area contributed by atoms with Crippen LogP contribution in [0, 0.1) is 11.6 Å². The summed E-state index contributed by atoms with van der Waals surface area (Å²) >= 11 is 12.0. The zero-order valence-corrected chi connectivity index (χ0v) is 12.6. The van der Waals surface area contributed by atoms with Crippen molar-refractivity contribution < 1.29 is 8.78 Å². The first-order valence-corrected chi connectivity index (χ1v) is 7.09. The standard InChI is InChI=1S/C15H14Cl2F2N2/c16-13-5-4-10(18)6-9(13)7-11(21-20)8-12-14(17)2-1-3-15(12)19/h1-6,11,21H,7-8,20H2. The molecule has 0 aliphatic carbocycles. The number of rotatable bonds is 5. The van der Waals surface area contributed by atoms with Crippen molar-refractivity contribution in [2.24, 2.45) is 5.84 Å². The van der Waals surface area contributed by atoms with E-state index in [1.54, 1.807) is 6.07 Å². The van der Waals surface area contributed by atoms with Crippen molar-refractivity contribution in [2.75, 3.05) is 0 Å². The van der Waals surface area contributed by atoms with Crippen LogP contribution in [0.4, 0.5) is 8.78 Å². The van der Waals surface area contributed by atoms with Crippen LogP contribution in [0.1, 0.15) is 11.1 Å². The molecule has 2 aromatic rings. The van der Waals surface area contributed by atoms with Crippen molar-refractivity contribution >= 4 is 23.2 Å². The third-order valence-electron chi connectivity index (χ3n) is 3.22. The largest absolute Gasteiger partial charge is 0.271 e. The van der Waals surface area contributed by atoms with Crippen LogP contribution in [0.15, 0.2) is 36.4 Å². The Balaban J connectivity index is 2.19. The highest BCUT2D eigenvalue weighted by Gasteiger charge is 2.16. The van der Waals surface area contributed by atoms with E-state index in [1.165, 1.54) is 30.3 Å². The summed E-state index contributed by atoms with van der Waals surface area (Å²) in [4.78, 5) is 0. The molecule has 0 bridgehead atoms. The summed E-state index contributed by atoms with van der Waals surface area (Å²) < 4.78 is 27.1. The molecule has 0 amide bonds. The molecule has 0 radical (unpaired) electrons. The summed E-state index contributed by atoms with van der Waals surface area (Å²) in [7, 11) is 0. The van der Waals surface area contributed by atoms with Crippen LogP contribution in [0.3, 0.4) is 0 Å². The highest BCUT2D eigenvalue weighted by molar-refractivity contribution is 6.31. The Morgan fingerprint density at radius 1 is 1.05 bits per heavy atom. The number of benzene rings is 2. The molecule has 2 rings (SSSR count). The Morgan fingerprint density at radius 3 is 2.48 bits per heavy atom. The number of hydrazine groups is 1. The van der Waals surface area contributed by atoms with Gasteiger partial charge in [0.25, 0.3) is 0 Å². The molecular weight excluding hydrogens is 317 g/mol. The number of hydrogen-bond acceptors (Lipinski definition) is 2. The third-order valence-corrected chi connectivity index (χ3v) is 3.94. The van der Waals surface area contributed by atoms with Gasteiger partial charge < -0.3 is 0 Å². The minimum absolute atomic E-state index is 0.273. The lowest BCUT2D eigenvalue weighted by Crippen LogP contribution is -2.38. The monoisotopic (exact) mass is 330 g/mol. The van der Waals surface area contributed by atoms with Crippen LogP contribution in [0.25, 0.3) is 0 Å². The summed E-state index contributed by atoms with van der Waals surface area (Å²) in [6.07, 6.45) is 0.632. The van der Waals surface area contributed by atoms with E-state index in [2.05, 4.69) is 5.43 Å². The van der Waals surface area contributed by atoms with Gasteiger partial charge in [-0.05, 0) is 48.7 Å². The number of nitrogens with one attached hydrogen (secondary N) is 1. The summed E-state index contributed by atoms with van der Waals surface area (Å²) in [5.74, 6) is 4.73. The summed E-state index contributed by atoms with van der Waals surface area (Å²) in [5, 5.41) is 0.775. The molecule has 6 heteroatoms. The molecule has 0 aliphatic rings. The topological polar surface area (TPSA) is 38.0 Å². The molecule has 0 spiro atoms. The molecule has 0 saturated heterocycles. The Labute approximate surface area is 131 Å². The van der Waals surface area contributed by atoms with Crippen LogP contribution < -0.4 is 11.3 Å². The second kappa shape index (κ2) is 7.18. The van der Waals surface area contributed by atoms with E-state index in [0.29, 0.717) is 27.6 Å². The molecule has 2 aromatic carbocycles. The quantitative estimate of drug-likeness (QED) is 0.644. The number of nitrogens with two attached hydrogens (primary N) is 1. The molecule has 0 saturated carbocycles. The van der Waals surface area contributed by atoms with Gasteiger partial charge in [-0.3, -0.25) is 11.3 Å². The zero-order chi connectivity index (χ0) is 15.4. The van der Waals surface area contributed by atoms with Gasteiger partial charge in [-0.1, -0.05) is 29.3 Å². The summed E-state index contributed by atoms with van der Waals surface area (Å²) in [6.45, 7) is 0. The van der Waals surface area contributed by atoms with Gasteiger partial charge >= 0.3 is 0 Å². The predicted octanol–water partition coefficient (Wildman–Crippen LogP) is 3.89. The molecule has 112 valence electrons. The van der Waals surface area contributed by atoms with Crippen LogP contribution in [0.2, 0.25) is 10.0 Å². The van der Waals surface area contributed by atoms with Gasteiger partial charge in [0, 0.05) is 21.7 Å². The van der Waals surface area contributed by atoms with Crippen molar-refractivity contribution in [2.45, 2.75) is 18.9 Å². The molecular formula is C15H14Cl2F2N2. The Kier molecular flexibility index (Phi) is 5.53. The maximum atomic E-state index is 13.8. The first-order valence-electron chi connectivity index (χ1n) is 6.34. The molecule has 21 heavy (non-hydrogen) atoms. The minimum atomic E-state index is -0.395. The van der Waals surface area contributed by atoms with Crippen molar-refractivity contribution in [3.63, 3.8) is 0 Å². The first-order chi connectivity index (χ1) is 10.0. The van der Waals surface area contributed by atoms with Crippen LogP contribution in [-0.4, -0.2) is 6.04 Å². The van der Waals surface area contributed by atoms with E-state index >= 15 is 0 Å². The number of hydrogen-bond donors (Lipinski definition) is 2. The van der Waals surface area contributed by atoms with Crippen molar-refractivity contribution in [1.82, 2.24) is 5.43 Å². The lowest BCUT2D eigenvalue weighted by molar-refractivity contribution is 0.505. The molecule has 1 unspecified atom stereocenters. The van der Waals surface area contributed by atoms with Crippen molar-refractivity contribution in [3.8, 4) is 0 Å². The maximum Gasteiger partial charge on any atom is 0.127 e. The van der Waals surface area contributed by atoms with E-state index in [-0.39, 0.29) is 18.3 Å². The first kappa shape index (κ1) is 16.2. The Bertz CT molecular complexity index is 615. The fourth-order valence-electron chi connectivity index (χ4n) is 2.13. The van der Waals surface area contributed by atoms with Gasteiger partial charge in [-0.25, -0.2) is 8.78 Å². The van der Waals surface area contributed by atoms with E-state index < -0.39 is 5.82 Å². The molecule has 0 aliphatic heterocycles. The highest BCUT2D eigenvalue weighted by atomic mass is 35.5. The van der Waals surface area contributed by atoms with Crippen LogP contribution in [0.5, 0.6) is 0 Å². The van der Waals surface area contributed by atoms with E-state index in [9.17, 15) is 8.78 Å². The molecule has 1 atom stereocenters. The average molecular weight is 331 g/mol. The van der Waals surface area contributed by atoms with Crippen LogP contribution in [-0.2, 0) is 12.8 Å². The van der Waals surface area contributed by atoms with Gasteiger partial charge in [0.05, 0.1) is 0 Å². The Hall–Kier alpha value is -1.20. The van der Waals surface area contributed by atoms with Gasteiger partial charge in [-0.15, -0.1) is 0 Å². The number of halogens is 4. The summed E-state index contributed by atoms with van der Waals surface area (Å²) in [6, 6.07) is 8.27. The van der Waals surface area contributed by atoms with Crippen molar-refractivity contribution in [1.29, 1.82) is 0 Å². The zero-order valence-electron chi connectivity index (χ0n) is 11.0. The SMILES string of the molecule is NNC(Cc1cc(F)ccc1Cl)Cc1c(F)cccc1Cl. The molecule has 3 N–H and O–H groups in total. The highest BCUT2D eigenvalue weighted by Crippen LogP contribution is 2.23. The smallest absolute Gasteiger partial charge is 0.127 e. The Morgan fingerprint density at radius 2 is 1.81 bits per heavy atom. The fraction of sp³-hybridized carbons (Fsp3) is 0.200. The second-order valence-corrected chi connectivity index (χ2v) is 5.52. The maximum absolute atomic E-state index is 13.8. The van der Waals surface area contributed by atoms with Crippen LogP contribution >= 0.6 is 23.2 Å². The predicted molar refractivity (Wildman–Crippen MR) is 81.3 cm³/mol. The fourth-order valence-corrected chi connectivity index (χ4v) is 2.56. The summed E-state index contributed by atoms with van der Waals surface area (Å²) in [5.41, 5.74) is 3.57. The normalized spacial score (nSPS) is 12.4. The van der Waals surface area contributed by atoms with E-state index in [0.717, 1.165) is 0 Å². The van der Waals surface area contributed by atoms with Crippen molar-refractivity contribution in [3.05, 3.63) is 69.2 Å². The molecule has 0 aromatic heterocycles. The van der Waals surface area contributed by atoms with Gasteiger partial charge in [0.1, 0.15) is 11.6 Å². The molecule has 2 nitrogen and oxygen atoms in total.